The Bertz CT molecular complexity index is 804. The van der Waals surface area contributed by atoms with Crippen molar-refractivity contribution in [2.75, 3.05) is 5.32 Å². The van der Waals surface area contributed by atoms with Gasteiger partial charge in [-0.25, -0.2) is 4.98 Å². The van der Waals surface area contributed by atoms with Crippen LogP contribution in [0.2, 0.25) is 0 Å². The third-order valence-electron chi connectivity index (χ3n) is 3.14. The largest absolute Gasteiger partial charge is 0.506 e. The van der Waals surface area contributed by atoms with E-state index in [1.165, 1.54) is 0 Å². The first kappa shape index (κ1) is 15.6. The molecule has 0 saturated carbocycles. The first-order valence-corrected chi connectivity index (χ1v) is 8.85. The summed E-state index contributed by atoms with van der Waals surface area (Å²) in [7, 11) is 0. The van der Waals surface area contributed by atoms with Gasteiger partial charge >= 0.3 is 0 Å². The van der Waals surface area contributed by atoms with Crippen molar-refractivity contribution in [2.45, 2.75) is 10.6 Å². The zero-order chi connectivity index (χ0) is 16.1. The van der Waals surface area contributed by atoms with E-state index in [4.69, 9.17) is 0 Å². The lowest BCUT2D eigenvalue weighted by atomic mass is 10.2. The molecular formula is C17H14N2O2S2. The van der Waals surface area contributed by atoms with Crippen molar-refractivity contribution in [3.63, 3.8) is 0 Å². The minimum atomic E-state index is -0.243. The Morgan fingerprint density at radius 1 is 1.17 bits per heavy atom. The summed E-state index contributed by atoms with van der Waals surface area (Å²) in [6.45, 7) is 0. The fraction of sp³-hybridized carbons (Fsp3) is 0.0588. The molecule has 0 aliphatic carbocycles. The zero-order valence-electron chi connectivity index (χ0n) is 12.1. The lowest BCUT2D eigenvalue weighted by Crippen LogP contribution is -2.13. The van der Waals surface area contributed by atoms with Crippen molar-refractivity contribution in [1.82, 2.24) is 4.98 Å². The average molecular weight is 342 g/mol. The van der Waals surface area contributed by atoms with Gasteiger partial charge in [0, 0.05) is 16.0 Å². The van der Waals surface area contributed by atoms with Crippen LogP contribution in [0.5, 0.6) is 5.75 Å². The normalized spacial score (nSPS) is 10.4. The van der Waals surface area contributed by atoms with Gasteiger partial charge < -0.3 is 10.4 Å². The lowest BCUT2D eigenvalue weighted by Gasteiger charge is -2.10. The van der Waals surface area contributed by atoms with Gasteiger partial charge in [-0.15, -0.1) is 23.1 Å². The number of hydrogen-bond donors (Lipinski definition) is 2. The molecule has 0 unspecified atom stereocenters. The molecule has 23 heavy (non-hydrogen) atoms. The van der Waals surface area contributed by atoms with Gasteiger partial charge in [-0.05, 0) is 24.3 Å². The first-order chi connectivity index (χ1) is 11.2. The van der Waals surface area contributed by atoms with E-state index in [1.807, 2.05) is 23.6 Å². The Morgan fingerprint density at radius 2 is 1.96 bits per heavy atom. The maximum atomic E-state index is 12.5. The summed E-state index contributed by atoms with van der Waals surface area (Å²) in [4.78, 5) is 17.6. The van der Waals surface area contributed by atoms with E-state index in [1.54, 1.807) is 58.9 Å². The molecule has 4 nitrogen and oxygen atoms in total. The zero-order valence-corrected chi connectivity index (χ0v) is 13.7. The molecule has 1 heterocycles. The number of carbonyl (C=O) groups excluding carboxylic acids is 1. The van der Waals surface area contributed by atoms with Crippen LogP contribution in [0.4, 0.5) is 5.69 Å². The molecule has 6 heteroatoms. The fourth-order valence-electron chi connectivity index (χ4n) is 2.01. The fourth-order valence-corrected chi connectivity index (χ4v) is 3.63. The number of amides is 1. The van der Waals surface area contributed by atoms with E-state index < -0.39 is 0 Å². The molecule has 0 radical (unpaired) electrons. The molecule has 3 aromatic rings. The molecule has 0 spiro atoms. The molecule has 2 aromatic carbocycles. The average Bonchev–Trinajstić information content (AvgIpc) is 3.09. The summed E-state index contributed by atoms with van der Waals surface area (Å²) in [6.07, 6.45) is 0. The third-order valence-corrected chi connectivity index (χ3v) is 4.89. The van der Waals surface area contributed by atoms with E-state index in [9.17, 15) is 9.90 Å². The number of aromatic nitrogens is 1. The molecule has 0 bridgehead atoms. The third kappa shape index (κ3) is 3.91. The van der Waals surface area contributed by atoms with E-state index in [-0.39, 0.29) is 11.7 Å². The molecule has 0 atom stereocenters. The Labute approximate surface area is 142 Å². The number of hydrogen-bond acceptors (Lipinski definition) is 5. The molecule has 0 saturated heterocycles. The quantitative estimate of drug-likeness (QED) is 0.533. The van der Waals surface area contributed by atoms with Crippen molar-refractivity contribution in [3.05, 3.63) is 70.7 Å². The highest BCUT2D eigenvalue weighted by atomic mass is 32.2. The smallest absolute Gasteiger partial charge is 0.256 e. The number of rotatable bonds is 5. The molecule has 0 aliphatic rings. The number of nitrogens with zero attached hydrogens (tertiary/aromatic N) is 1. The summed E-state index contributed by atoms with van der Waals surface area (Å²) in [5.74, 6) is 0.519. The topological polar surface area (TPSA) is 62.2 Å². The van der Waals surface area contributed by atoms with Crippen molar-refractivity contribution in [3.8, 4) is 5.75 Å². The molecular weight excluding hydrogens is 328 g/mol. The number of thioether (sulfide) groups is 1. The molecule has 116 valence electrons. The van der Waals surface area contributed by atoms with E-state index in [0.29, 0.717) is 17.0 Å². The van der Waals surface area contributed by atoms with Gasteiger partial charge in [0.1, 0.15) is 5.75 Å². The van der Waals surface area contributed by atoms with Gasteiger partial charge in [-0.3, -0.25) is 4.79 Å². The van der Waals surface area contributed by atoms with Gasteiger partial charge in [0.15, 0.2) is 0 Å². The number of nitrogens with one attached hydrogen (secondary N) is 1. The van der Waals surface area contributed by atoms with Gasteiger partial charge in [0.2, 0.25) is 0 Å². The van der Waals surface area contributed by atoms with Crippen molar-refractivity contribution in [1.29, 1.82) is 0 Å². The summed E-state index contributed by atoms with van der Waals surface area (Å²) in [6, 6.07) is 14.1. The minimum Gasteiger partial charge on any atom is -0.506 e. The molecule has 1 amide bonds. The second kappa shape index (κ2) is 7.30. The van der Waals surface area contributed by atoms with Crippen LogP contribution in [-0.2, 0) is 5.75 Å². The highest BCUT2D eigenvalue weighted by Crippen LogP contribution is 2.28. The minimum absolute atomic E-state index is 0.0495. The summed E-state index contributed by atoms with van der Waals surface area (Å²) >= 11 is 3.13. The number of para-hydroxylation sites is 2. The maximum Gasteiger partial charge on any atom is 0.256 e. The van der Waals surface area contributed by atoms with E-state index in [2.05, 4.69) is 10.3 Å². The van der Waals surface area contributed by atoms with Crippen LogP contribution in [0.3, 0.4) is 0 Å². The molecule has 0 fully saturated rings. The van der Waals surface area contributed by atoms with Gasteiger partial charge in [-0.1, -0.05) is 24.3 Å². The molecule has 2 N–H and O–H groups in total. The predicted octanol–water partition coefficient (Wildman–Crippen LogP) is 4.39. The van der Waals surface area contributed by atoms with Gasteiger partial charge in [0.25, 0.3) is 5.91 Å². The first-order valence-electron chi connectivity index (χ1n) is 6.92. The van der Waals surface area contributed by atoms with Gasteiger partial charge in [0.05, 0.1) is 22.5 Å². The number of anilines is 1. The summed E-state index contributed by atoms with van der Waals surface area (Å²) in [5, 5.41) is 14.5. The summed E-state index contributed by atoms with van der Waals surface area (Å²) < 4.78 is 0. The molecule has 1 aromatic heterocycles. The Kier molecular flexibility index (Phi) is 4.95. The molecule has 3 rings (SSSR count). The van der Waals surface area contributed by atoms with Crippen LogP contribution in [0.1, 0.15) is 16.1 Å². The predicted molar refractivity (Wildman–Crippen MR) is 94.2 cm³/mol. The number of phenols is 1. The van der Waals surface area contributed by atoms with Crippen LogP contribution < -0.4 is 5.32 Å². The van der Waals surface area contributed by atoms with Gasteiger partial charge in [-0.2, -0.15) is 0 Å². The Hall–Kier alpha value is -2.31. The number of carbonyl (C=O) groups is 1. The van der Waals surface area contributed by atoms with Crippen LogP contribution in [0.25, 0.3) is 0 Å². The number of thiazole rings is 1. The number of aromatic hydroxyl groups is 1. The van der Waals surface area contributed by atoms with Crippen LogP contribution in [-0.4, -0.2) is 16.0 Å². The standard InChI is InChI=1S/C17H14N2O2S2/c20-15-7-3-2-6-14(15)19-17(21)13-5-1-4-8-16(13)23-10-12-9-22-11-18-12/h1-9,11,20H,10H2,(H,19,21). The second-order valence-corrected chi connectivity index (χ2v) is 6.47. The lowest BCUT2D eigenvalue weighted by molar-refractivity contribution is 0.102. The maximum absolute atomic E-state index is 12.5. The van der Waals surface area contributed by atoms with Crippen molar-refractivity contribution in [2.24, 2.45) is 0 Å². The SMILES string of the molecule is O=C(Nc1ccccc1O)c1ccccc1SCc1cscn1. The summed E-state index contributed by atoms with van der Waals surface area (Å²) in [5.41, 5.74) is 3.77. The van der Waals surface area contributed by atoms with Crippen molar-refractivity contribution >= 4 is 34.7 Å². The van der Waals surface area contributed by atoms with Crippen LogP contribution in [0, 0.1) is 0 Å². The van der Waals surface area contributed by atoms with Crippen molar-refractivity contribution < 1.29 is 9.90 Å². The molecule has 0 aliphatic heterocycles. The highest BCUT2D eigenvalue weighted by molar-refractivity contribution is 7.98. The Balaban J connectivity index is 1.76. The number of benzene rings is 2. The van der Waals surface area contributed by atoms with Crippen LogP contribution in [0.15, 0.2) is 64.3 Å². The Morgan fingerprint density at radius 3 is 2.74 bits per heavy atom. The second-order valence-electron chi connectivity index (χ2n) is 4.74. The van der Waals surface area contributed by atoms with Crippen LogP contribution >= 0.6 is 23.1 Å². The monoisotopic (exact) mass is 342 g/mol. The van der Waals surface area contributed by atoms with E-state index >= 15 is 0 Å². The highest BCUT2D eigenvalue weighted by Gasteiger charge is 2.13. The number of phenolic OH excluding ortho intramolecular Hbond substituents is 1. The van der Waals surface area contributed by atoms with E-state index in [0.717, 1.165) is 10.6 Å².